The van der Waals surface area contributed by atoms with Crippen LogP contribution in [-0.2, 0) is 0 Å². The molecule has 0 bridgehead atoms. The summed E-state index contributed by atoms with van der Waals surface area (Å²) < 4.78 is 0. The van der Waals surface area contributed by atoms with Gasteiger partial charge >= 0.3 is 0 Å². The van der Waals surface area contributed by atoms with E-state index in [4.69, 9.17) is 0 Å². The fourth-order valence-corrected chi connectivity index (χ4v) is 3.63. The smallest absolute Gasteiger partial charge is 0.0104 e. The van der Waals surface area contributed by atoms with Gasteiger partial charge in [-0.3, -0.25) is 0 Å². The highest BCUT2D eigenvalue weighted by atomic mass is 16.0. The van der Waals surface area contributed by atoms with Gasteiger partial charge in [0, 0.05) is 0 Å². The molecule has 2 aliphatic rings. The molecule has 0 radical (unpaired) electrons. The van der Waals surface area contributed by atoms with Crippen molar-refractivity contribution in [3.8, 4) is 0 Å². The zero-order valence-corrected chi connectivity index (χ0v) is 18.4. The van der Waals surface area contributed by atoms with Crippen molar-refractivity contribution in [1.29, 1.82) is 0 Å². The minimum atomic E-state index is 0. The predicted octanol–water partition coefficient (Wildman–Crippen LogP) is 7.61. The van der Waals surface area contributed by atoms with E-state index in [1.165, 1.54) is 36.0 Å². The highest BCUT2D eigenvalue weighted by Crippen LogP contribution is 2.40. The van der Waals surface area contributed by atoms with Crippen molar-refractivity contribution in [2.75, 3.05) is 0 Å². The molecule has 2 N–H and O–H groups in total. The van der Waals surface area contributed by atoms with Crippen LogP contribution in [0.1, 0.15) is 73.6 Å². The quantitative estimate of drug-likeness (QED) is 0.361. The van der Waals surface area contributed by atoms with Gasteiger partial charge in [-0.2, -0.15) is 0 Å². The first-order valence-corrected chi connectivity index (χ1v) is 10.00. The summed E-state index contributed by atoms with van der Waals surface area (Å²) in [4.78, 5) is 0. The van der Waals surface area contributed by atoms with E-state index in [0.29, 0.717) is 5.41 Å². The molecule has 0 aromatic heterocycles. The van der Waals surface area contributed by atoms with Crippen LogP contribution >= 0.6 is 0 Å². The third kappa shape index (κ3) is 8.58. The van der Waals surface area contributed by atoms with E-state index < -0.39 is 0 Å². The summed E-state index contributed by atoms with van der Waals surface area (Å²) >= 11 is 0. The highest BCUT2D eigenvalue weighted by Gasteiger charge is 2.26. The van der Waals surface area contributed by atoms with E-state index >= 15 is 0 Å². The fraction of sp³-hybridized carbons (Fsp3) is 0.462. The van der Waals surface area contributed by atoms with Gasteiger partial charge in [-0.05, 0) is 81.9 Å². The maximum Gasteiger partial charge on any atom is -0.0104 e. The molecule has 2 rings (SSSR count). The van der Waals surface area contributed by atoms with Crippen molar-refractivity contribution in [2.24, 2.45) is 5.41 Å². The van der Waals surface area contributed by atoms with Crippen molar-refractivity contribution in [2.45, 2.75) is 73.6 Å². The van der Waals surface area contributed by atoms with Gasteiger partial charge in [0.05, 0.1) is 0 Å². The second kappa shape index (κ2) is 12.5. The zero-order chi connectivity index (χ0) is 19.6. The van der Waals surface area contributed by atoms with E-state index in [2.05, 4.69) is 64.7 Å². The molecule has 0 fully saturated rings. The molecule has 0 aromatic carbocycles. The van der Waals surface area contributed by atoms with Gasteiger partial charge < -0.3 is 5.48 Å². The summed E-state index contributed by atoms with van der Waals surface area (Å²) in [5.41, 5.74) is 7.60. The molecule has 1 heteroatoms. The largest absolute Gasteiger partial charge is 0.412 e. The summed E-state index contributed by atoms with van der Waals surface area (Å²) in [7, 11) is 0. The Kier molecular flexibility index (Phi) is 11.7. The highest BCUT2D eigenvalue weighted by molar-refractivity contribution is 5.42. The lowest BCUT2D eigenvalue weighted by Gasteiger charge is -2.32. The zero-order valence-electron chi connectivity index (χ0n) is 18.4. The van der Waals surface area contributed by atoms with Crippen molar-refractivity contribution < 1.29 is 5.48 Å². The van der Waals surface area contributed by atoms with E-state index in [9.17, 15) is 0 Å². The van der Waals surface area contributed by atoms with Gasteiger partial charge in [0.1, 0.15) is 0 Å². The second-order valence-corrected chi connectivity index (χ2v) is 8.02. The first kappa shape index (κ1) is 25.1. The molecule has 0 amide bonds. The molecule has 150 valence electrons. The van der Waals surface area contributed by atoms with Gasteiger partial charge in [-0.15, -0.1) is 0 Å². The lowest BCUT2D eigenvalue weighted by Crippen LogP contribution is -2.19. The van der Waals surface area contributed by atoms with E-state index in [1.54, 1.807) is 11.1 Å². The minimum absolute atomic E-state index is 0. The van der Waals surface area contributed by atoms with Crippen molar-refractivity contribution >= 4 is 0 Å². The third-order valence-electron chi connectivity index (χ3n) is 5.21. The fourth-order valence-electron chi connectivity index (χ4n) is 3.63. The number of hydrogen-bond donors (Lipinski definition) is 0. The van der Waals surface area contributed by atoms with E-state index in [1.807, 2.05) is 32.1 Å². The van der Waals surface area contributed by atoms with Crippen LogP contribution in [0.3, 0.4) is 0 Å². The molecule has 2 aliphatic carbocycles. The van der Waals surface area contributed by atoms with Crippen molar-refractivity contribution in [3.05, 3.63) is 83.1 Å². The Labute approximate surface area is 168 Å². The van der Waals surface area contributed by atoms with Crippen LogP contribution in [-0.4, -0.2) is 5.48 Å². The molecule has 0 aliphatic heterocycles. The van der Waals surface area contributed by atoms with Gasteiger partial charge in [0.25, 0.3) is 0 Å². The number of rotatable bonds is 4. The Hall–Kier alpha value is -1.86. The first-order valence-electron chi connectivity index (χ1n) is 10.00. The molecule has 0 aromatic rings. The van der Waals surface area contributed by atoms with E-state index in [0.717, 1.165) is 12.8 Å². The SMILES string of the molecule is C/C=C/C.C=C/C=C1C=C(/C=C(C)\C=C\C2=C(C)CCCC2(C)C)CC/1.O. The molecule has 1 nitrogen and oxygen atoms in total. The van der Waals surface area contributed by atoms with Crippen LogP contribution in [0.15, 0.2) is 83.1 Å². The lowest BCUT2D eigenvalue weighted by atomic mass is 9.72. The average Bonchev–Trinajstić information content (AvgIpc) is 3.01. The van der Waals surface area contributed by atoms with Gasteiger partial charge in [0.15, 0.2) is 0 Å². The molecule has 0 spiro atoms. The molecule has 0 saturated heterocycles. The standard InChI is InChI=1S/C22H30.C4H8.H2O/c1-6-8-19-11-12-20(16-19)15-17(2)10-13-21-18(3)9-7-14-22(21,4)5;1-3-4-2;/h6,8,10,13,15-16H,1,7,9,11-12,14H2,2-5H3;3-4H,1-2H3;1H2/b13-10+,17-15-,19-8+;4-3+;. The maximum absolute atomic E-state index is 3.77. The number of hydrogen-bond acceptors (Lipinski definition) is 0. The minimum Gasteiger partial charge on any atom is -0.412 e. The normalized spacial score (nSPS) is 21.2. The molecule has 0 heterocycles. The van der Waals surface area contributed by atoms with Crippen LogP contribution < -0.4 is 0 Å². The Bertz CT molecular complexity index is 656. The summed E-state index contributed by atoms with van der Waals surface area (Å²) in [6, 6.07) is 0. The summed E-state index contributed by atoms with van der Waals surface area (Å²) in [6.07, 6.45) is 23.5. The molecule has 27 heavy (non-hydrogen) atoms. The average molecular weight is 369 g/mol. The third-order valence-corrected chi connectivity index (χ3v) is 5.21. The van der Waals surface area contributed by atoms with Crippen LogP contribution in [0.2, 0.25) is 0 Å². The Morgan fingerprint density at radius 2 is 1.78 bits per heavy atom. The molecule has 0 saturated carbocycles. The van der Waals surface area contributed by atoms with Crippen LogP contribution in [0, 0.1) is 5.41 Å². The van der Waals surface area contributed by atoms with Gasteiger partial charge in [-0.25, -0.2) is 0 Å². The van der Waals surface area contributed by atoms with Crippen molar-refractivity contribution in [3.63, 3.8) is 0 Å². The Balaban J connectivity index is 0.00000123. The lowest BCUT2D eigenvalue weighted by molar-refractivity contribution is 0.377. The van der Waals surface area contributed by atoms with Gasteiger partial charge in [-0.1, -0.05) is 80.2 Å². The Morgan fingerprint density at radius 1 is 1.11 bits per heavy atom. The molecule has 0 unspecified atom stereocenters. The maximum atomic E-state index is 3.77. The topological polar surface area (TPSA) is 31.5 Å². The number of allylic oxidation sites excluding steroid dienone is 13. The Morgan fingerprint density at radius 3 is 2.33 bits per heavy atom. The van der Waals surface area contributed by atoms with Crippen molar-refractivity contribution in [1.82, 2.24) is 0 Å². The summed E-state index contributed by atoms with van der Waals surface area (Å²) in [5, 5.41) is 0. The summed E-state index contributed by atoms with van der Waals surface area (Å²) in [5.74, 6) is 0. The molecule has 0 atom stereocenters. The van der Waals surface area contributed by atoms with Crippen LogP contribution in [0.5, 0.6) is 0 Å². The monoisotopic (exact) mass is 368 g/mol. The summed E-state index contributed by atoms with van der Waals surface area (Å²) in [6.45, 7) is 17.0. The second-order valence-electron chi connectivity index (χ2n) is 8.02. The van der Waals surface area contributed by atoms with E-state index in [-0.39, 0.29) is 5.48 Å². The van der Waals surface area contributed by atoms with Gasteiger partial charge in [0.2, 0.25) is 0 Å². The van der Waals surface area contributed by atoms with Crippen LogP contribution in [0.4, 0.5) is 0 Å². The molecular weight excluding hydrogens is 328 g/mol. The molecular formula is C26H40O. The first-order chi connectivity index (χ1) is 12.3. The van der Waals surface area contributed by atoms with Crippen LogP contribution in [0.25, 0.3) is 0 Å². The predicted molar refractivity (Wildman–Crippen MR) is 123 cm³/mol.